The monoisotopic (exact) mass is 224 g/mol. The Kier molecular flexibility index (Phi) is 2.57. The third-order valence-electron chi connectivity index (χ3n) is 2.01. The minimum absolute atomic E-state index is 0.362. The Morgan fingerprint density at radius 1 is 1.40 bits per heavy atom. The van der Waals surface area contributed by atoms with E-state index in [4.69, 9.17) is 9.99 Å². The van der Waals surface area contributed by atoms with Gasteiger partial charge in [0.2, 0.25) is 0 Å². The molecule has 1 aromatic carbocycles. The average Bonchev–Trinajstić information content (AvgIpc) is 2.70. The van der Waals surface area contributed by atoms with E-state index in [2.05, 4.69) is 4.89 Å². The van der Waals surface area contributed by atoms with E-state index in [0.717, 1.165) is 15.8 Å². The van der Waals surface area contributed by atoms with Crippen molar-refractivity contribution in [1.82, 2.24) is 0 Å². The molecule has 0 fully saturated rings. The summed E-state index contributed by atoms with van der Waals surface area (Å²) in [7, 11) is 1.58. The normalized spacial score (nSPS) is 10.3. The molecule has 4 nitrogen and oxygen atoms in total. The summed E-state index contributed by atoms with van der Waals surface area (Å²) in [6.45, 7) is 0. The Morgan fingerprint density at radius 3 is 2.87 bits per heavy atom. The van der Waals surface area contributed by atoms with Gasteiger partial charge in [-0.05, 0) is 29.7 Å². The fourth-order valence-corrected chi connectivity index (χ4v) is 2.21. The molecule has 0 bridgehead atoms. The lowest BCUT2D eigenvalue weighted by Gasteiger charge is -1.97. The van der Waals surface area contributed by atoms with Crippen molar-refractivity contribution in [1.29, 1.82) is 0 Å². The summed E-state index contributed by atoms with van der Waals surface area (Å²) >= 11 is 1.26. The number of hydrogen-bond acceptors (Lipinski definition) is 5. The van der Waals surface area contributed by atoms with Crippen LogP contribution in [0.5, 0.6) is 5.75 Å². The molecule has 0 saturated carbocycles. The van der Waals surface area contributed by atoms with Crippen molar-refractivity contribution < 1.29 is 19.7 Å². The van der Waals surface area contributed by atoms with E-state index in [-0.39, 0.29) is 0 Å². The van der Waals surface area contributed by atoms with Crippen LogP contribution in [0, 0.1) is 0 Å². The third-order valence-corrected chi connectivity index (χ3v) is 3.10. The molecule has 2 aromatic rings. The maximum absolute atomic E-state index is 11.0. The lowest BCUT2D eigenvalue weighted by atomic mass is 10.2. The number of carbonyl (C=O) groups is 1. The number of rotatable bonds is 2. The zero-order chi connectivity index (χ0) is 10.8. The molecule has 1 heterocycles. The van der Waals surface area contributed by atoms with Gasteiger partial charge in [0.05, 0.1) is 7.11 Å². The number of carbonyl (C=O) groups excluding carboxylic acids is 1. The summed E-state index contributed by atoms with van der Waals surface area (Å²) in [6.07, 6.45) is 0. The first-order valence-corrected chi connectivity index (χ1v) is 4.99. The highest BCUT2D eigenvalue weighted by molar-refractivity contribution is 7.20. The molecule has 1 N–H and O–H groups in total. The molecule has 15 heavy (non-hydrogen) atoms. The molecule has 0 amide bonds. The summed E-state index contributed by atoms with van der Waals surface area (Å²) in [5.41, 5.74) is 0. The third kappa shape index (κ3) is 1.79. The molecule has 5 heteroatoms. The van der Waals surface area contributed by atoms with Crippen LogP contribution in [0.3, 0.4) is 0 Å². The number of methoxy groups -OCH3 is 1. The summed E-state index contributed by atoms with van der Waals surface area (Å²) in [6, 6.07) is 7.14. The van der Waals surface area contributed by atoms with Gasteiger partial charge >= 0.3 is 5.97 Å². The molecule has 0 spiro atoms. The Labute approximate surface area is 89.6 Å². The molecule has 0 radical (unpaired) electrons. The van der Waals surface area contributed by atoms with E-state index in [1.807, 2.05) is 18.2 Å². The maximum Gasteiger partial charge on any atom is 0.382 e. The molecule has 0 aliphatic rings. The van der Waals surface area contributed by atoms with E-state index in [0.29, 0.717) is 4.88 Å². The van der Waals surface area contributed by atoms with Crippen LogP contribution in [0.15, 0.2) is 24.3 Å². The number of ether oxygens (including phenoxy) is 1. The Morgan fingerprint density at radius 2 is 2.20 bits per heavy atom. The number of hydrogen-bond donors (Lipinski definition) is 1. The molecule has 0 unspecified atom stereocenters. The molecular formula is C10H8O4S. The van der Waals surface area contributed by atoms with E-state index in [9.17, 15) is 4.79 Å². The Hall–Kier alpha value is -1.59. The minimum atomic E-state index is -0.741. The Balaban J connectivity index is 2.51. The SMILES string of the molecule is COc1ccc2sc(C(=O)OO)cc2c1. The molecule has 0 saturated heterocycles. The van der Waals surface area contributed by atoms with Crippen LogP contribution in [0.2, 0.25) is 0 Å². The first-order chi connectivity index (χ1) is 7.24. The summed E-state index contributed by atoms with van der Waals surface area (Å²) in [5, 5.41) is 9.14. The van der Waals surface area contributed by atoms with E-state index in [1.54, 1.807) is 13.2 Å². The molecule has 0 atom stereocenters. The molecule has 0 aliphatic carbocycles. The molecule has 0 aliphatic heterocycles. The molecule has 1 aromatic heterocycles. The Bertz CT molecular complexity index is 503. The van der Waals surface area contributed by atoms with Crippen LogP contribution in [-0.2, 0) is 4.89 Å². The smallest absolute Gasteiger partial charge is 0.382 e. The molecule has 2 rings (SSSR count). The van der Waals surface area contributed by atoms with Crippen LogP contribution in [0.25, 0.3) is 10.1 Å². The second kappa shape index (κ2) is 3.88. The summed E-state index contributed by atoms with van der Waals surface area (Å²) < 4.78 is 6.00. The zero-order valence-electron chi connectivity index (χ0n) is 7.89. The van der Waals surface area contributed by atoms with Gasteiger partial charge in [0.15, 0.2) is 0 Å². The van der Waals surface area contributed by atoms with E-state index < -0.39 is 5.97 Å². The summed E-state index contributed by atoms with van der Waals surface area (Å²) in [5.74, 6) is -0.0145. The van der Waals surface area contributed by atoms with Gasteiger partial charge in [-0.15, -0.1) is 11.3 Å². The standard InChI is InChI=1S/C10H8O4S/c1-13-7-2-3-8-6(4-7)5-9(15-8)10(11)14-12/h2-5,12H,1H3. The highest BCUT2D eigenvalue weighted by Gasteiger charge is 2.11. The van der Waals surface area contributed by atoms with Crippen LogP contribution >= 0.6 is 11.3 Å². The lowest BCUT2D eigenvalue weighted by molar-refractivity contribution is -0.182. The van der Waals surface area contributed by atoms with E-state index >= 15 is 0 Å². The minimum Gasteiger partial charge on any atom is -0.497 e. The van der Waals surface area contributed by atoms with Crippen molar-refractivity contribution in [2.24, 2.45) is 0 Å². The lowest BCUT2D eigenvalue weighted by Crippen LogP contribution is -1.97. The van der Waals surface area contributed by atoms with Crippen molar-refractivity contribution in [3.8, 4) is 5.75 Å². The van der Waals surface area contributed by atoms with E-state index in [1.165, 1.54) is 11.3 Å². The quantitative estimate of drug-likeness (QED) is 0.629. The van der Waals surface area contributed by atoms with Crippen molar-refractivity contribution in [2.45, 2.75) is 0 Å². The van der Waals surface area contributed by atoms with Crippen LogP contribution < -0.4 is 4.74 Å². The number of thiophene rings is 1. The highest BCUT2D eigenvalue weighted by atomic mass is 32.1. The predicted octanol–water partition coefficient (Wildman–Crippen LogP) is 2.54. The fraction of sp³-hybridized carbons (Fsp3) is 0.100. The zero-order valence-corrected chi connectivity index (χ0v) is 8.71. The van der Waals surface area contributed by atoms with Crippen molar-refractivity contribution in [3.05, 3.63) is 29.1 Å². The van der Waals surface area contributed by atoms with Crippen molar-refractivity contribution in [3.63, 3.8) is 0 Å². The first-order valence-electron chi connectivity index (χ1n) is 4.18. The van der Waals surface area contributed by atoms with Gasteiger partial charge < -0.3 is 4.74 Å². The van der Waals surface area contributed by atoms with Gasteiger partial charge in [0.1, 0.15) is 10.6 Å². The van der Waals surface area contributed by atoms with Crippen LogP contribution in [-0.4, -0.2) is 18.3 Å². The number of fused-ring (bicyclic) bond motifs is 1. The van der Waals surface area contributed by atoms with Gasteiger partial charge in [-0.3, -0.25) is 4.89 Å². The second-order valence-corrected chi connectivity index (χ2v) is 3.98. The largest absolute Gasteiger partial charge is 0.497 e. The average molecular weight is 224 g/mol. The van der Waals surface area contributed by atoms with Gasteiger partial charge in [0, 0.05) is 4.70 Å². The highest BCUT2D eigenvalue weighted by Crippen LogP contribution is 2.29. The van der Waals surface area contributed by atoms with Crippen molar-refractivity contribution in [2.75, 3.05) is 7.11 Å². The molecule has 78 valence electrons. The predicted molar refractivity (Wildman–Crippen MR) is 56.4 cm³/mol. The van der Waals surface area contributed by atoms with Crippen LogP contribution in [0.1, 0.15) is 9.67 Å². The van der Waals surface area contributed by atoms with Crippen LogP contribution in [0.4, 0.5) is 0 Å². The van der Waals surface area contributed by atoms with Crippen molar-refractivity contribution >= 4 is 27.4 Å². The van der Waals surface area contributed by atoms with Gasteiger partial charge in [-0.1, -0.05) is 0 Å². The first kappa shape index (κ1) is 9.95. The van der Waals surface area contributed by atoms with Gasteiger partial charge in [-0.25, -0.2) is 4.79 Å². The second-order valence-electron chi connectivity index (χ2n) is 2.89. The van der Waals surface area contributed by atoms with Gasteiger partial charge in [0.25, 0.3) is 0 Å². The maximum atomic E-state index is 11.0. The molecular weight excluding hydrogens is 216 g/mol. The topological polar surface area (TPSA) is 55.8 Å². The fourth-order valence-electron chi connectivity index (χ4n) is 1.29. The summed E-state index contributed by atoms with van der Waals surface area (Å²) in [4.78, 5) is 15.1. The number of benzene rings is 1. The van der Waals surface area contributed by atoms with Gasteiger partial charge in [-0.2, -0.15) is 5.26 Å².